The monoisotopic (exact) mass is 278 g/mol. The van der Waals surface area contributed by atoms with Gasteiger partial charge in [0, 0.05) is 25.3 Å². The van der Waals surface area contributed by atoms with Crippen molar-refractivity contribution in [1.29, 1.82) is 0 Å². The molecule has 1 rings (SSSR count). The van der Waals surface area contributed by atoms with E-state index in [9.17, 15) is 9.59 Å². The summed E-state index contributed by atoms with van der Waals surface area (Å²) in [6.45, 7) is 1.51. The van der Waals surface area contributed by atoms with E-state index >= 15 is 0 Å². The van der Waals surface area contributed by atoms with Crippen LogP contribution >= 0.6 is 11.8 Å². The zero-order chi connectivity index (χ0) is 14.3. The molecule has 0 atom stereocenters. The molecular weight excluding hydrogens is 264 g/mol. The number of thioether (sulfide) groups is 1. The zero-order valence-corrected chi connectivity index (χ0v) is 11.5. The average molecular weight is 278 g/mol. The van der Waals surface area contributed by atoms with Crippen molar-refractivity contribution in [2.45, 2.75) is 13.3 Å². The van der Waals surface area contributed by atoms with Crippen LogP contribution < -0.4 is 5.73 Å². The third kappa shape index (κ3) is 5.02. The molecule has 0 saturated heterocycles. The van der Waals surface area contributed by atoms with Gasteiger partial charge in [-0.15, -0.1) is 0 Å². The number of nitrogens with two attached hydrogens (primary N) is 1. The molecule has 0 saturated carbocycles. The third-order valence-corrected chi connectivity index (χ3v) is 2.91. The number of hydrogen-bond acceptors (Lipinski definition) is 6. The van der Waals surface area contributed by atoms with Gasteiger partial charge >= 0.3 is 5.97 Å². The van der Waals surface area contributed by atoms with Gasteiger partial charge in [-0.1, -0.05) is 23.6 Å². The normalized spacial score (nSPS) is 9.37. The molecule has 5 nitrogen and oxygen atoms in total. The molecule has 0 aliphatic carbocycles. The van der Waals surface area contributed by atoms with Crippen molar-refractivity contribution in [3.05, 3.63) is 23.4 Å². The van der Waals surface area contributed by atoms with Crippen LogP contribution in [0.25, 0.3) is 0 Å². The van der Waals surface area contributed by atoms with Gasteiger partial charge in [-0.3, -0.25) is 4.79 Å². The van der Waals surface area contributed by atoms with E-state index in [1.54, 1.807) is 6.07 Å². The molecule has 0 amide bonds. The van der Waals surface area contributed by atoms with Gasteiger partial charge in [0.2, 0.25) is 0 Å². The fourth-order valence-corrected chi connectivity index (χ4v) is 1.70. The number of pyridine rings is 1. The number of anilines is 1. The number of methoxy groups -OCH3 is 1. The Balaban J connectivity index is 2.74. The number of carbonyl (C=O) groups is 2. The van der Waals surface area contributed by atoms with E-state index in [2.05, 4.69) is 21.6 Å². The van der Waals surface area contributed by atoms with Crippen molar-refractivity contribution >= 4 is 28.7 Å². The summed E-state index contributed by atoms with van der Waals surface area (Å²) in [5.74, 6) is 6.13. The molecule has 0 aliphatic heterocycles. The fourth-order valence-electron chi connectivity index (χ4n) is 1.21. The molecule has 0 fully saturated rings. The summed E-state index contributed by atoms with van der Waals surface area (Å²) in [5.41, 5.74) is 6.46. The number of carbonyl (C=O) groups excluding carboxylic acids is 2. The largest absolute Gasteiger partial charge is 0.465 e. The first-order valence-corrected chi connectivity index (χ1v) is 6.49. The van der Waals surface area contributed by atoms with E-state index in [-0.39, 0.29) is 10.9 Å². The van der Waals surface area contributed by atoms with Crippen molar-refractivity contribution in [3.63, 3.8) is 0 Å². The van der Waals surface area contributed by atoms with E-state index in [4.69, 9.17) is 5.73 Å². The lowest BCUT2D eigenvalue weighted by molar-refractivity contribution is -0.109. The molecule has 2 N–H and O–H groups in total. The smallest absolute Gasteiger partial charge is 0.339 e. The summed E-state index contributed by atoms with van der Waals surface area (Å²) in [5, 5.41) is 0.0654. The van der Waals surface area contributed by atoms with Gasteiger partial charge in [0.25, 0.3) is 0 Å². The van der Waals surface area contributed by atoms with Gasteiger partial charge in [-0.05, 0) is 6.07 Å². The Morgan fingerprint density at radius 1 is 1.53 bits per heavy atom. The minimum Gasteiger partial charge on any atom is -0.465 e. The van der Waals surface area contributed by atoms with Crippen molar-refractivity contribution in [1.82, 2.24) is 4.98 Å². The summed E-state index contributed by atoms with van der Waals surface area (Å²) in [6, 6.07) is 1.54. The number of nitrogens with zero attached hydrogens (tertiary/aromatic N) is 1. The lowest BCUT2D eigenvalue weighted by Crippen LogP contribution is -2.04. The second kappa shape index (κ2) is 7.44. The van der Waals surface area contributed by atoms with Gasteiger partial charge in [-0.25, -0.2) is 9.78 Å². The molecule has 0 aromatic carbocycles. The lowest BCUT2D eigenvalue weighted by atomic mass is 10.2. The average Bonchev–Trinajstić information content (AvgIpc) is 2.39. The van der Waals surface area contributed by atoms with Crippen LogP contribution in [0.2, 0.25) is 0 Å². The maximum Gasteiger partial charge on any atom is 0.339 e. The van der Waals surface area contributed by atoms with Gasteiger partial charge in [-0.2, -0.15) is 0 Å². The standard InChI is InChI=1S/C13H14N2O3S/c1-9(16)19-6-4-3-5-10-7-11(13(17)18-2)8-15-12(10)14/h7-8H,4,6H2,1-2H3,(H2,14,15). The maximum atomic E-state index is 11.3. The Hall–Kier alpha value is -2.00. The number of aromatic nitrogens is 1. The van der Waals surface area contributed by atoms with Crippen LogP contribution in [-0.4, -0.2) is 28.9 Å². The van der Waals surface area contributed by atoms with E-state index < -0.39 is 5.97 Å². The minimum absolute atomic E-state index is 0.0654. The van der Waals surface area contributed by atoms with Crippen molar-refractivity contribution in [2.75, 3.05) is 18.6 Å². The quantitative estimate of drug-likeness (QED) is 0.512. The molecule has 100 valence electrons. The Kier molecular flexibility index (Phi) is 5.90. The summed E-state index contributed by atoms with van der Waals surface area (Å²) >= 11 is 1.22. The number of nitrogen functional groups attached to an aromatic ring is 1. The van der Waals surface area contributed by atoms with Gasteiger partial charge in [0.1, 0.15) is 5.82 Å². The fraction of sp³-hybridized carbons (Fsp3) is 0.308. The highest BCUT2D eigenvalue weighted by atomic mass is 32.2. The molecule has 0 bridgehead atoms. The van der Waals surface area contributed by atoms with E-state index in [0.29, 0.717) is 23.3 Å². The van der Waals surface area contributed by atoms with Crippen LogP contribution in [-0.2, 0) is 9.53 Å². The second-order valence-electron chi connectivity index (χ2n) is 3.54. The highest BCUT2D eigenvalue weighted by molar-refractivity contribution is 8.13. The van der Waals surface area contributed by atoms with Crippen molar-refractivity contribution in [2.24, 2.45) is 0 Å². The Bertz CT molecular complexity index is 547. The van der Waals surface area contributed by atoms with Gasteiger partial charge < -0.3 is 10.5 Å². The topological polar surface area (TPSA) is 82.3 Å². The number of hydrogen-bond donors (Lipinski definition) is 1. The molecular formula is C13H14N2O3S. The molecule has 6 heteroatoms. The SMILES string of the molecule is COC(=O)c1cnc(N)c(C#CCCSC(C)=O)c1. The van der Waals surface area contributed by atoms with Crippen LogP contribution in [0.1, 0.15) is 29.3 Å². The Morgan fingerprint density at radius 2 is 2.26 bits per heavy atom. The van der Waals surface area contributed by atoms with Crippen LogP contribution in [0.5, 0.6) is 0 Å². The molecule has 1 heterocycles. The lowest BCUT2D eigenvalue weighted by Gasteiger charge is -2.01. The molecule has 19 heavy (non-hydrogen) atoms. The predicted molar refractivity (Wildman–Crippen MR) is 74.6 cm³/mol. The van der Waals surface area contributed by atoms with Gasteiger partial charge in [0.05, 0.1) is 18.2 Å². The Morgan fingerprint density at radius 3 is 2.89 bits per heavy atom. The highest BCUT2D eigenvalue weighted by Crippen LogP contribution is 2.10. The highest BCUT2D eigenvalue weighted by Gasteiger charge is 2.08. The van der Waals surface area contributed by atoms with Crippen LogP contribution in [0.4, 0.5) is 5.82 Å². The van der Waals surface area contributed by atoms with Crippen LogP contribution in [0.15, 0.2) is 12.3 Å². The first-order valence-electron chi connectivity index (χ1n) is 5.50. The molecule has 1 aromatic rings. The maximum absolute atomic E-state index is 11.3. The molecule has 1 aromatic heterocycles. The Labute approximate surface area is 115 Å². The number of rotatable bonds is 3. The molecule has 0 radical (unpaired) electrons. The second-order valence-corrected chi connectivity index (χ2v) is 4.81. The third-order valence-electron chi connectivity index (χ3n) is 2.10. The predicted octanol–water partition coefficient (Wildman–Crippen LogP) is 1.47. The molecule has 0 spiro atoms. The summed E-state index contributed by atoms with van der Waals surface area (Å²) in [7, 11) is 1.29. The summed E-state index contributed by atoms with van der Waals surface area (Å²) in [4.78, 5) is 25.9. The number of ether oxygens (including phenoxy) is 1. The molecule has 0 aliphatic rings. The molecule has 0 unspecified atom stereocenters. The van der Waals surface area contributed by atoms with Gasteiger partial charge in [0.15, 0.2) is 5.12 Å². The first kappa shape index (κ1) is 15.1. The van der Waals surface area contributed by atoms with Crippen molar-refractivity contribution in [3.8, 4) is 11.8 Å². The summed E-state index contributed by atoms with van der Waals surface area (Å²) in [6.07, 6.45) is 1.91. The van der Waals surface area contributed by atoms with E-state index in [1.165, 1.54) is 32.0 Å². The van der Waals surface area contributed by atoms with Crippen molar-refractivity contribution < 1.29 is 14.3 Å². The zero-order valence-electron chi connectivity index (χ0n) is 10.7. The van der Waals surface area contributed by atoms with Crippen LogP contribution in [0.3, 0.4) is 0 Å². The van der Waals surface area contributed by atoms with E-state index in [0.717, 1.165) is 0 Å². The number of esters is 1. The minimum atomic E-state index is -0.484. The van der Waals surface area contributed by atoms with Crippen LogP contribution in [0, 0.1) is 11.8 Å². The first-order chi connectivity index (χ1) is 9.04. The van der Waals surface area contributed by atoms with E-state index in [1.807, 2.05) is 0 Å². The summed E-state index contributed by atoms with van der Waals surface area (Å²) < 4.78 is 4.59.